The van der Waals surface area contributed by atoms with Gasteiger partial charge in [0.15, 0.2) is 14.0 Å². The van der Waals surface area contributed by atoms with Gasteiger partial charge in [0.25, 0.3) is 0 Å². The second-order valence-electron chi connectivity index (χ2n) is 6.09. The molecule has 0 aromatic carbocycles. The van der Waals surface area contributed by atoms with Crippen molar-refractivity contribution in [2.75, 3.05) is 0 Å². The van der Waals surface area contributed by atoms with E-state index in [-0.39, 0.29) is 10.7 Å². The molecule has 7 heteroatoms. The number of aromatic nitrogens is 2. The van der Waals surface area contributed by atoms with Crippen molar-refractivity contribution in [2.45, 2.75) is 45.5 Å². The van der Waals surface area contributed by atoms with Crippen molar-refractivity contribution in [3.8, 4) is 0 Å². The van der Waals surface area contributed by atoms with Crippen molar-refractivity contribution in [1.82, 2.24) is 9.78 Å². The monoisotopic (exact) mass is 348 g/mol. The van der Waals surface area contributed by atoms with Gasteiger partial charge in [0.2, 0.25) is 0 Å². The van der Waals surface area contributed by atoms with E-state index in [0.29, 0.717) is 16.8 Å². The predicted molar refractivity (Wildman–Crippen MR) is 79.9 cm³/mol. The molecular formula is C12H21BrN2O3Si. The molecule has 5 nitrogen and oxygen atoms in total. The summed E-state index contributed by atoms with van der Waals surface area (Å²) in [4.78, 5) is 11.1. The summed E-state index contributed by atoms with van der Waals surface area (Å²) in [6.07, 6.45) is 0. The molecule has 1 heterocycles. The Hall–Kier alpha value is -0.663. The SMILES string of the molecule is Cn1nc(CO[Si](C)(C)C(C)(C)C)c(Br)c1C(=O)O. The van der Waals surface area contributed by atoms with Crippen LogP contribution in [0.3, 0.4) is 0 Å². The fourth-order valence-corrected chi connectivity index (χ4v) is 2.89. The summed E-state index contributed by atoms with van der Waals surface area (Å²) in [6.45, 7) is 11.1. The van der Waals surface area contributed by atoms with Gasteiger partial charge in [0.1, 0.15) is 5.69 Å². The molecule has 0 unspecified atom stereocenters. The Morgan fingerprint density at radius 3 is 2.37 bits per heavy atom. The number of hydrogen-bond donors (Lipinski definition) is 1. The molecule has 0 radical (unpaired) electrons. The van der Waals surface area contributed by atoms with Crippen LogP contribution in [0.1, 0.15) is 37.0 Å². The predicted octanol–water partition coefficient (Wildman–Crippen LogP) is 3.40. The highest BCUT2D eigenvalue weighted by molar-refractivity contribution is 9.10. The molecule has 0 spiro atoms. The van der Waals surface area contributed by atoms with E-state index in [9.17, 15) is 4.79 Å². The third-order valence-electron chi connectivity index (χ3n) is 3.63. The van der Waals surface area contributed by atoms with Gasteiger partial charge in [0, 0.05) is 7.05 Å². The standard InChI is InChI=1S/C12H21BrN2O3Si/c1-12(2,3)19(5,6)18-7-8-9(13)10(11(16)17)15(4)14-8/h7H2,1-6H3,(H,16,17). The molecule has 1 aromatic heterocycles. The average molecular weight is 349 g/mol. The van der Waals surface area contributed by atoms with E-state index in [0.717, 1.165) is 0 Å². The van der Waals surface area contributed by atoms with Gasteiger partial charge in [-0.15, -0.1) is 0 Å². The lowest BCUT2D eigenvalue weighted by Gasteiger charge is -2.35. The molecular weight excluding hydrogens is 328 g/mol. The molecule has 1 rings (SSSR count). The van der Waals surface area contributed by atoms with Gasteiger partial charge in [-0.3, -0.25) is 4.68 Å². The summed E-state index contributed by atoms with van der Waals surface area (Å²) in [5, 5.41) is 13.4. The minimum absolute atomic E-state index is 0.115. The topological polar surface area (TPSA) is 64.4 Å². The lowest BCUT2D eigenvalue weighted by atomic mass is 10.2. The molecule has 0 atom stereocenters. The van der Waals surface area contributed by atoms with Crippen LogP contribution in [0, 0.1) is 0 Å². The molecule has 0 aliphatic heterocycles. The van der Waals surface area contributed by atoms with Crippen LogP contribution < -0.4 is 0 Å². The quantitative estimate of drug-likeness (QED) is 0.846. The van der Waals surface area contributed by atoms with Gasteiger partial charge in [0.05, 0.1) is 11.1 Å². The highest BCUT2D eigenvalue weighted by atomic mass is 79.9. The number of rotatable bonds is 4. The van der Waals surface area contributed by atoms with E-state index >= 15 is 0 Å². The number of carboxylic acid groups (broad SMARTS) is 1. The average Bonchev–Trinajstić information content (AvgIpc) is 2.49. The summed E-state index contributed by atoms with van der Waals surface area (Å²) < 4.78 is 7.91. The molecule has 108 valence electrons. The van der Waals surface area contributed by atoms with Crippen molar-refractivity contribution >= 4 is 30.2 Å². The molecule has 1 aromatic rings. The van der Waals surface area contributed by atoms with Crippen LogP contribution in [0.25, 0.3) is 0 Å². The normalized spacial score (nSPS) is 12.8. The van der Waals surface area contributed by atoms with E-state index in [1.165, 1.54) is 4.68 Å². The van der Waals surface area contributed by atoms with Crippen LogP contribution in [0.4, 0.5) is 0 Å². The number of carboxylic acids is 1. The van der Waals surface area contributed by atoms with Crippen molar-refractivity contribution in [1.29, 1.82) is 0 Å². The number of aromatic carboxylic acids is 1. The minimum Gasteiger partial charge on any atom is -0.476 e. The summed E-state index contributed by atoms with van der Waals surface area (Å²) in [6, 6.07) is 0. The second kappa shape index (κ2) is 5.38. The van der Waals surface area contributed by atoms with Crippen molar-refractivity contribution < 1.29 is 14.3 Å². The Morgan fingerprint density at radius 1 is 1.47 bits per heavy atom. The minimum atomic E-state index is -1.86. The van der Waals surface area contributed by atoms with E-state index in [2.05, 4.69) is 54.9 Å². The Kier molecular flexibility index (Phi) is 4.64. The van der Waals surface area contributed by atoms with Gasteiger partial charge in [-0.2, -0.15) is 5.10 Å². The maximum atomic E-state index is 11.1. The van der Waals surface area contributed by atoms with Gasteiger partial charge in [-0.25, -0.2) is 4.79 Å². The third-order valence-corrected chi connectivity index (χ3v) is 8.95. The molecule has 19 heavy (non-hydrogen) atoms. The first kappa shape index (κ1) is 16.4. The lowest BCUT2D eigenvalue weighted by molar-refractivity contribution is 0.0684. The third kappa shape index (κ3) is 3.46. The molecule has 0 saturated heterocycles. The Morgan fingerprint density at radius 2 is 2.00 bits per heavy atom. The zero-order valence-corrected chi connectivity index (χ0v) is 14.8. The smallest absolute Gasteiger partial charge is 0.355 e. The van der Waals surface area contributed by atoms with E-state index < -0.39 is 14.3 Å². The van der Waals surface area contributed by atoms with Crippen molar-refractivity contribution in [3.05, 3.63) is 15.9 Å². The van der Waals surface area contributed by atoms with Crippen LogP contribution in [0.5, 0.6) is 0 Å². The van der Waals surface area contributed by atoms with Gasteiger partial charge < -0.3 is 9.53 Å². The maximum absolute atomic E-state index is 11.1. The van der Waals surface area contributed by atoms with E-state index in [1.807, 2.05) is 0 Å². The van der Waals surface area contributed by atoms with Gasteiger partial charge >= 0.3 is 5.97 Å². The van der Waals surface area contributed by atoms with Crippen LogP contribution in [-0.2, 0) is 18.1 Å². The first-order chi connectivity index (χ1) is 8.47. The van der Waals surface area contributed by atoms with Crippen LogP contribution >= 0.6 is 15.9 Å². The fraction of sp³-hybridized carbons (Fsp3) is 0.667. The molecule has 0 amide bonds. The molecule has 0 aliphatic rings. The number of hydrogen-bond acceptors (Lipinski definition) is 3. The number of halogens is 1. The van der Waals surface area contributed by atoms with E-state index in [1.54, 1.807) is 7.05 Å². The van der Waals surface area contributed by atoms with Crippen molar-refractivity contribution in [3.63, 3.8) is 0 Å². The van der Waals surface area contributed by atoms with Crippen LogP contribution in [0.15, 0.2) is 4.47 Å². The Labute approximate surface area is 123 Å². The first-order valence-corrected chi connectivity index (χ1v) is 9.76. The Balaban J connectivity index is 2.92. The number of aryl methyl sites for hydroxylation is 1. The highest BCUT2D eigenvalue weighted by Gasteiger charge is 2.37. The zero-order valence-electron chi connectivity index (χ0n) is 12.2. The van der Waals surface area contributed by atoms with Gasteiger partial charge in [-0.05, 0) is 34.1 Å². The maximum Gasteiger partial charge on any atom is 0.355 e. The summed E-state index contributed by atoms with van der Waals surface area (Å²) in [5.41, 5.74) is 0.776. The van der Waals surface area contributed by atoms with Crippen LogP contribution in [0.2, 0.25) is 18.1 Å². The summed E-state index contributed by atoms with van der Waals surface area (Å²) in [7, 11) is -0.248. The Bertz CT molecular complexity index is 492. The fourth-order valence-electron chi connectivity index (χ4n) is 1.34. The summed E-state index contributed by atoms with van der Waals surface area (Å²) >= 11 is 3.29. The van der Waals surface area contributed by atoms with Gasteiger partial charge in [-0.1, -0.05) is 20.8 Å². The first-order valence-electron chi connectivity index (χ1n) is 6.06. The molecule has 1 N–H and O–H groups in total. The summed E-state index contributed by atoms with van der Waals surface area (Å²) in [5.74, 6) is -1.000. The number of nitrogens with zero attached hydrogens (tertiary/aromatic N) is 2. The van der Waals surface area contributed by atoms with E-state index in [4.69, 9.17) is 9.53 Å². The second-order valence-corrected chi connectivity index (χ2v) is 11.7. The molecule has 0 saturated carbocycles. The number of carbonyl (C=O) groups is 1. The molecule has 0 fully saturated rings. The lowest BCUT2D eigenvalue weighted by Crippen LogP contribution is -2.40. The highest BCUT2D eigenvalue weighted by Crippen LogP contribution is 2.37. The van der Waals surface area contributed by atoms with Crippen molar-refractivity contribution in [2.24, 2.45) is 7.05 Å². The molecule has 0 bridgehead atoms. The largest absolute Gasteiger partial charge is 0.476 e. The van der Waals surface area contributed by atoms with Crippen LogP contribution in [-0.4, -0.2) is 29.2 Å². The molecule has 0 aliphatic carbocycles. The zero-order chi connectivity index (χ0) is 15.0.